The third-order valence-electron chi connectivity index (χ3n) is 1.61. The van der Waals surface area contributed by atoms with E-state index in [9.17, 15) is 4.79 Å². The average molecular weight is 268 g/mol. The number of hydrogen-bond acceptors (Lipinski definition) is 4. The van der Waals surface area contributed by atoms with Gasteiger partial charge in [-0.25, -0.2) is 4.79 Å². The van der Waals surface area contributed by atoms with Gasteiger partial charge in [0.1, 0.15) is 11.6 Å². The molecule has 4 nitrogen and oxygen atoms in total. The molecule has 0 saturated carbocycles. The molecule has 0 atom stereocenters. The van der Waals surface area contributed by atoms with Crippen molar-refractivity contribution in [2.75, 3.05) is 20.7 Å². The summed E-state index contributed by atoms with van der Waals surface area (Å²) in [6, 6.07) is 1.85. The van der Waals surface area contributed by atoms with Crippen molar-refractivity contribution in [3.05, 3.63) is 23.4 Å². The minimum Gasteiger partial charge on any atom is -0.462 e. The zero-order valence-electron chi connectivity index (χ0n) is 13.6. The van der Waals surface area contributed by atoms with Gasteiger partial charge in [0, 0.05) is 14.1 Å². The highest BCUT2D eigenvalue weighted by Gasteiger charge is 2.11. The maximum Gasteiger partial charge on any atom is 0.349 e. The van der Waals surface area contributed by atoms with Crippen molar-refractivity contribution in [2.45, 2.75) is 41.5 Å². The molecule has 0 aliphatic rings. The number of nitrogens with zero attached hydrogens (tertiary/aromatic N) is 2. The minimum atomic E-state index is -0.569. The molecule has 0 saturated heterocycles. The molecule has 0 rings (SSSR count). The Morgan fingerprint density at radius 3 is 2.05 bits per heavy atom. The van der Waals surface area contributed by atoms with Crippen molar-refractivity contribution >= 4 is 5.97 Å². The fourth-order valence-electron chi connectivity index (χ4n) is 0.842. The Bertz CT molecular complexity index is 324. The fraction of sp³-hybridized carbons (Fsp3) is 0.600. The van der Waals surface area contributed by atoms with E-state index >= 15 is 0 Å². The molecule has 0 radical (unpaired) electrons. The maximum atomic E-state index is 11.3. The van der Waals surface area contributed by atoms with E-state index in [2.05, 4.69) is 0 Å². The molecular formula is C15H28N2O2. The van der Waals surface area contributed by atoms with Gasteiger partial charge < -0.3 is 9.64 Å². The lowest BCUT2D eigenvalue weighted by molar-refractivity contribution is -0.138. The Hall–Kier alpha value is -1.76. The molecule has 0 aliphatic carbocycles. The molecule has 0 aromatic rings. The molecule has 0 amide bonds. The van der Waals surface area contributed by atoms with Gasteiger partial charge in [-0.3, -0.25) is 0 Å². The standard InChI is InChI=1S/C11H16N2O2.2C2H6/c1-5-15-11(14)10(8-12)9(2)6-7-13(3)4;2*1-2/h6-7H,5H2,1-4H3;2*1-2H3/b7-6+,10-9-;;. The first-order valence-electron chi connectivity index (χ1n) is 6.65. The van der Waals surface area contributed by atoms with Gasteiger partial charge in [0.15, 0.2) is 0 Å². The smallest absolute Gasteiger partial charge is 0.349 e. The van der Waals surface area contributed by atoms with Gasteiger partial charge in [-0.1, -0.05) is 27.7 Å². The summed E-state index contributed by atoms with van der Waals surface area (Å²) in [5.74, 6) is -0.569. The van der Waals surface area contributed by atoms with Crippen LogP contribution in [0.1, 0.15) is 41.5 Å². The lowest BCUT2D eigenvalue weighted by atomic mass is 10.1. The molecule has 19 heavy (non-hydrogen) atoms. The highest BCUT2D eigenvalue weighted by molar-refractivity contribution is 5.94. The van der Waals surface area contributed by atoms with Gasteiger partial charge in [-0.15, -0.1) is 0 Å². The number of nitriles is 1. The van der Waals surface area contributed by atoms with Crippen LogP contribution in [-0.2, 0) is 9.53 Å². The lowest BCUT2D eigenvalue weighted by Gasteiger charge is -2.04. The van der Waals surface area contributed by atoms with Crippen molar-refractivity contribution in [3.63, 3.8) is 0 Å². The predicted octanol–water partition coefficient (Wildman–Crippen LogP) is 3.52. The molecule has 0 aliphatic heterocycles. The van der Waals surface area contributed by atoms with Crippen LogP contribution in [0.15, 0.2) is 23.4 Å². The summed E-state index contributed by atoms with van der Waals surface area (Å²) in [5, 5.41) is 8.80. The first kappa shape index (κ1) is 22.4. The molecule has 4 heteroatoms. The fourth-order valence-corrected chi connectivity index (χ4v) is 0.842. The van der Waals surface area contributed by atoms with E-state index in [1.165, 1.54) is 0 Å². The van der Waals surface area contributed by atoms with Crippen LogP contribution >= 0.6 is 0 Å². The summed E-state index contributed by atoms with van der Waals surface area (Å²) in [4.78, 5) is 13.1. The molecule has 0 fully saturated rings. The third kappa shape index (κ3) is 12.5. The van der Waals surface area contributed by atoms with Crippen LogP contribution in [0.3, 0.4) is 0 Å². The number of carbonyl (C=O) groups excluding carboxylic acids is 1. The monoisotopic (exact) mass is 268 g/mol. The van der Waals surface area contributed by atoms with Crippen LogP contribution in [0.25, 0.3) is 0 Å². The van der Waals surface area contributed by atoms with Crippen LogP contribution in [0.5, 0.6) is 0 Å². The van der Waals surface area contributed by atoms with E-state index < -0.39 is 5.97 Å². The lowest BCUT2D eigenvalue weighted by Crippen LogP contribution is -2.08. The molecule has 0 aromatic heterocycles. The Morgan fingerprint density at radius 2 is 1.74 bits per heavy atom. The Labute approximate surface area is 118 Å². The summed E-state index contributed by atoms with van der Waals surface area (Å²) >= 11 is 0. The summed E-state index contributed by atoms with van der Waals surface area (Å²) in [5.41, 5.74) is 0.652. The van der Waals surface area contributed by atoms with Gasteiger partial charge in [0.05, 0.1) is 6.61 Å². The predicted molar refractivity (Wildman–Crippen MR) is 80.5 cm³/mol. The zero-order chi connectivity index (χ0) is 15.8. The van der Waals surface area contributed by atoms with Crippen LogP contribution < -0.4 is 0 Å². The first-order chi connectivity index (χ1) is 9.02. The van der Waals surface area contributed by atoms with Crippen molar-refractivity contribution < 1.29 is 9.53 Å². The number of carbonyl (C=O) groups is 1. The van der Waals surface area contributed by atoms with Gasteiger partial charge in [0.2, 0.25) is 0 Å². The van der Waals surface area contributed by atoms with Gasteiger partial charge in [-0.2, -0.15) is 5.26 Å². The van der Waals surface area contributed by atoms with Gasteiger partial charge >= 0.3 is 5.97 Å². The van der Waals surface area contributed by atoms with Gasteiger partial charge in [-0.05, 0) is 31.7 Å². The summed E-state index contributed by atoms with van der Waals surface area (Å²) < 4.78 is 4.76. The molecule has 0 heterocycles. The molecule has 0 N–H and O–H groups in total. The molecule has 0 unspecified atom stereocenters. The van der Waals surface area contributed by atoms with Gasteiger partial charge in [0.25, 0.3) is 0 Å². The van der Waals surface area contributed by atoms with E-state index in [0.29, 0.717) is 5.57 Å². The van der Waals surface area contributed by atoms with Crippen LogP contribution in [0.4, 0.5) is 0 Å². The second kappa shape index (κ2) is 16.2. The summed E-state index contributed by atoms with van der Waals surface area (Å²) in [6.45, 7) is 11.7. The van der Waals surface area contributed by atoms with E-state index in [4.69, 9.17) is 10.00 Å². The van der Waals surface area contributed by atoms with Crippen LogP contribution in [0, 0.1) is 11.3 Å². The second-order valence-electron chi connectivity index (χ2n) is 3.17. The van der Waals surface area contributed by atoms with Crippen molar-refractivity contribution in [1.29, 1.82) is 5.26 Å². The minimum absolute atomic E-state index is 0.0509. The second-order valence-corrected chi connectivity index (χ2v) is 3.17. The number of esters is 1. The Balaban J connectivity index is -0.000000579. The van der Waals surface area contributed by atoms with Crippen molar-refractivity contribution in [2.24, 2.45) is 0 Å². The highest BCUT2D eigenvalue weighted by atomic mass is 16.5. The largest absolute Gasteiger partial charge is 0.462 e. The topological polar surface area (TPSA) is 53.3 Å². The highest BCUT2D eigenvalue weighted by Crippen LogP contribution is 2.07. The maximum absolute atomic E-state index is 11.3. The number of rotatable bonds is 4. The van der Waals surface area contributed by atoms with E-state index in [-0.39, 0.29) is 12.2 Å². The summed E-state index contributed by atoms with van der Waals surface area (Å²) in [7, 11) is 3.72. The normalized spacial score (nSPS) is 10.1. The number of hydrogen-bond donors (Lipinski definition) is 0. The average Bonchev–Trinajstić information content (AvgIpc) is 2.42. The van der Waals surface area contributed by atoms with E-state index in [1.54, 1.807) is 26.1 Å². The van der Waals surface area contributed by atoms with Crippen molar-refractivity contribution in [1.82, 2.24) is 4.90 Å². The molecule has 0 aromatic carbocycles. The third-order valence-corrected chi connectivity index (χ3v) is 1.61. The van der Waals surface area contributed by atoms with E-state index in [1.807, 2.05) is 52.8 Å². The van der Waals surface area contributed by atoms with Crippen molar-refractivity contribution in [3.8, 4) is 6.07 Å². The number of allylic oxidation sites excluding steroid dienone is 2. The molecular weight excluding hydrogens is 240 g/mol. The van der Waals surface area contributed by atoms with E-state index in [0.717, 1.165) is 0 Å². The molecule has 0 bridgehead atoms. The zero-order valence-corrected chi connectivity index (χ0v) is 13.6. The first-order valence-corrected chi connectivity index (χ1v) is 6.65. The number of ether oxygens (including phenoxy) is 1. The summed E-state index contributed by atoms with van der Waals surface area (Å²) in [6.07, 6.45) is 3.47. The van der Waals surface area contributed by atoms with Crippen LogP contribution in [-0.4, -0.2) is 31.6 Å². The quantitative estimate of drug-likeness (QED) is 0.339. The molecule has 110 valence electrons. The Kier molecular flexibility index (Phi) is 19.2. The Morgan fingerprint density at radius 1 is 1.26 bits per heavy atom. The molecule has 0 spiro atoms. The van der Waals surface area contributed by atoms with Crippen LogP contribution in [0.2, 0.25) is 0 Å². The SMILES string of the molecule is CC.CC.CCOC(=O)/C(C#N)=C(C)\C=C\N(C)C.